The lowest BCUT2D eigenvalue weighted by Gasteiger charge is -2.22. The molecule has 0 fully saturated rings. The summed E-state index contributed by atoms with van der Waals surface area (Å²) in [5, 5.41) is 7.07. The minimum atomic E-state index is -0.102. The normalized spacial score (nSPS) is 13.1. The van der Waals surface area contributed by atoms with Gasteiger partial charge in [-0.05, 0) is 120 Å². The number of rotatable bonds is 3. The standard InChI is InChI=1S/C47H31N3/c1-47(2)41-15-9-8-10-33(41)34-19-18-32(28-42(34)47)50-43-20-16-30(26-39(43)40-27-31(48-3)17-21-44(40)50)46-37-13-6-4-11-35(37)45(29-22-24-49-25-23-29)36-12-5-7-14-38(36)46/h4-28H,1-2H3. The van der Waals surface area contributed by atoms with Crippen molar-refractivity contribution in [2.24, 2.45) is 0 Å². The zero-order valence-electron chi connectivity index (χ0n) is 27.8. The van der Waals surface area contributed by atoms with Gasteiger partial charge in [0.1, 0.15) is 0 Å². The summed E-state index contributed by atoms with van der Waals surface area (Å²) in [6.45, 7) is 12.5. The number of hydrogen-bond donors (Lipinski definition) is 0. The fourth-order valence-corrected chi connectivity index (χ4v) is 8.61. The van der Waals surface area contributed by atoms with E-state index in [-0.39, 0.29) is 5.41 Å². The molecule has 2 heterocycles. The molecule has 0 spiro atoms. The number of pyridine rings is 1. The Labute approximate surface area is 290 Å². The van der Waals surface area contributed by atoms with E-state index in [9.17, 15) is 0 Å². The lowest BCUT2D eigenvalue weighted by atomic mass is 9.82. The quantitative estimate of drug-likeness (QED) is 0.140. The van der Waals surface area contributed by atoms with E-state index in [0.717, 1.165) is 38.6 Å². The molecule has 0 saturated carbocycles. The number of aromatic nitrogens is 2. The third-order valence-corrected chi connectivity index (χ3v) is 10.9. The van der Waals surface area contributed by atoms with Crippen LogP contribution in [0.2, 0.25) is 0 Å². The average molecular weight is 638 g/mol. The maximum Gasteiger partial charge on any atom is 0.188 e. The van der Waals surface area contributed by atoms with Crippen LogP contribution in [0, 0.1) is 6.57 Å². The first-order valence-corrected chi connectivity index (χ1v) is 17.1. The van der Waals surface area contributed by atoms with Crippen LogP contribution in [0.1, 0.15) is 25.0 Å². The summed E-state index contributed by atoms with van der Waals surface area (Å²) in [5.41, 5.74) is 14.0. The van der Waals surface area contributed by atoms with E-state index in [4.69, 9.17) is 6.57 Å². The average Bonchev–Trinajstić information content (AvgIpc) is 3.61. The molecular formula is C47H31N3. The van der Waals surface area contributed by atoms with E-state index in [2.05, 4.69) is 162 Å². The molecule has 1 aliphatic carbocycles. The summed E-state index contributed by atoms with van der Waals surface area (Å²) in [5.74, 6) is 0. The highest BCUT2D eigenvalue weighted by Crippen LogP contribution is 2.50. The van der Waals surface area contributed by atoms with Gasteiger partial charge in [0.25, 0.3) is 0 Å². The third kappa shape index (κ3) is 3.94. The maximum absolute atomic E-state index is 7.85. The van der Waals surface area contributed by atoms with Crippen molar-refractivity contribution in [3.05, 3.63) is 174 Å². The Hall–Kier alpha value is -6.50. The van der Waals surface area contributed by atoms with Gasteiger partial charge in [0.15, 0.2) is 5.69 Å². The molecule has 10 rings (SSSR count). The SMILES string of the molecule is [C-]#[N+]c1ccc2c(c1)c1cc(-c3c4ccccc4c(-c4ccncc4)c4ccccc34)ccc1n2-c1ccc2c(c1)C(C)(C)c1ccccc1-2. The summed E-state index contributed by atoms with van der Waals surface area (Å²) < 4.78 is 2.38. The van der Waals surface area contributed by atoms with Crippen LogP contribution < -0.4 is 0 Å². The zero-order valence-corrected chi connectivity index (χ0v) is 27.8. The Morgan fingerprint density at radius 1 is 0.520 bits per heavy atom. The van der Waals surface area contributed by atoms with Gasteiger partial charge in [0.05, 0.1) is 17.6 Å². The Kier molecular flexibility index (Phi) is 5.99. The van der Waals surface area contributed by atoms with Crippen molar-refractivity contribution >= 4 is 49.0 Å². The summed E-state index contributed by atoms with van der Waals surface area (Å²) in [4.78, 5) is 8.14. The molecule has 0 radical (unpaired) electrons. The van der Waals surface area contributed by atoms with Crippen LogP contribution in [0.3, 0.4) is 0 Å². The summed E-state index contributed by atoms with van der Waals surface area (Å²) in [7, 11) is 0. The molecule has 234 valence electrons. The largest absolute Gasteiger partial charge is 0.309 e. The lowest BCUT2D eigenvalue weighted by molar-refractivity contribution is 0.660. The Bertz CT molecular complexity index is 2850. The van der Waals surface area contributed by atoms with Crippen LogP contribution in [0.15, 0.2) is 152 Å². The molecule has 0 amide bonds. The summed E-state index contributed by atoms with van der Waals surface area (Å²) >= 11 is 0. The number of benzene rings is 7. The number of fused-ring (bicyclic) bond motifs is 8. The van der Waals surface area contributed by atoms with Crippen LogP contribution >= 0.6 is 0 Å². The fraction of sp³-hybridized carbons (Fsp3) is 0.0638. The molecule has 0 unspecified atom stereocenters. The molecule has 0 aliphatic heterocycles. The van der Waals surface area contributed by atoms with E-state index in [0.29, 0.717) is 5.69 Å². The lowest BCUT2D eigenvalue weighted by Crippen LogP contribution is -2.15. The minimum Gasteiger partial charge on any atom is -0.309 e. The van der Waals surface area contributed by atoms with Crippen molar-refractivity contribution in [1.82, 2.24) is 9.55 Å². The van der Waals surface area contributed by atoms with Crippen molar-refractivity contribution in [2.75, 3.05) is 0 Å². The number of hydrogen-bond acceptors (Lipinski definition) is 1. The highest BCUT2D eigenvalue weighted by Gasteiger charge is 2.35. The molecule has 50 heavy (non-hydrogen) atoms. The van der Waals surface area contributed by atoms with Crippen LogP contribution in [-0.4, -0.2) is 9.55 Å². The molecular weight excluding hydrogens is 607 g/mol. The van der Waals surface area contributed by atoms with Gasteiger partial charge in [-0.3, -0.25) is 4.98 Å². The van der Waals surface area contributed by atoms with Crippen molar-refractivity contribution in [3.8, 4) is 39.1 Å². The molecule has 0 atom stereocenters. The van der Waals surface area contributed by atoms with Gasteiger partial charge in [-0.1, -0.05) is 105 Å². The predicted molar refractivity (Wildman–Crippen MR) is 208 cm³/mol. The van der Waals surface area contributed by atoms with Crippen molar-refractivity contribution in [1.29, 1.82) is 0 Å². The van der Waals surface area contributed by atoms with E-state index >= 15 is 0 Å². The highest BCUT2D eigenvalue weighted by atomic mass is 15.0. The number of nitrogens with zero attached hydrogens (tertiary/aromatic N) is 3. The summed E-state index contributed by atoms with van der Waals surface area (Å²) in [6, 6.07) is 50.4. The van der Waals surface area contributed by atoms with Gasteiger partial charge < -0.3 is 4.57 Å². The van der Waals surface area contributed by atoms with Crippen LogP contribution in [-0.2, 0) is 5.41 Å². The van der Waals surface area contributed by atoms with Gasteiger partial charge in [0, 0.05) is 28.9 Å². The first-order chi connectivity index (χ1) is 24.5. The maximum atomic E-state index is 7.85. The first kappa shape index (κ1) is 28.5. The topological polar surface area (TPSA) is 22.2 Å². The van der Waals surface area contributed by atoms with E-state index < -0.39 is 0 Å². The van der Waals surface area contributed by atoms with Gasteiger partial charge in [-0.25, -0.2) is 4.85 Å². The zero-order chi connectivity index (χ0) is 33.6. The Morgan fingerprint density at radius 3 is 1.78 bits per heavy atom. The first-order valence-electron chi connectivity index (χ1n) is 17.1. The molecule has 1 aliphatic rings. The van der Waals surface area contributed by atoms with Crippen LogP contribution in [0.25, 0.3) is 87.3 Å². The van der Waals surface area contributed by atoms with Gasteiger partial charge in [0.2, 0.25) is 0 Å². The molecule has 0 saturated heterocycles. The minimum absolute atomic E-state index is 0.102. The smallest absolute Gasteiger partial charge is 0.188 e. The molecule has 0 N–H and O–H groups in total. The van der Waals surface area contributed by atoms with E-state index in [1.165, 1.54) is 54.9 Å². The molecule has 2 aromatic heterocycles. The molecule has 3 nitrogen and oxygen atoms in total. The van der Waals surface area contributed by atoms with Crippen LogP contribution in [0.4, 0.5) is 5.69 Å². The second-order valence-corrected chi connectivity index (χ2v) is 13.9. The molecule has 7 aromatic carbocycles. The highest BCUT2D eigenvalue weighted by molar-refractivity contribution is 6.22. The molecule has 0 bridgehead atoms. The predicted octanol–water partition coefficient (Wildman–Crippen LogP) is 12.7. The van der Waals surface area contributed by atoms with Gasteiger partial charge >= 0.3 is 0 Å². The van der Waals surface area contributed by atoms with Crippen molar-refractivity contribution in [2.45, 2.75) is 19.3 Å². The van der Waals surface area contributed by atoms with Crippen molar-refractivity contribution < 1.29 is 0 Å². The summed E-state index contributed by atoms with van der Waals surface area (Å²) in [6.07, 6.45) is 3.74. The monoisotopic (exact) mass is 637 g/mol. The second-order valence-electron chi connectivity index (χ2n) is 13.9. The Balaban J connectivity index is 1.25. The fourth-order valence-electron chi connectivity index (χ4n) is 8.61. The van der Waals surface area contributed by atoms with Gasteiger partial charge in [-0.2, -0.15) is 0 Å². The molecule has 9 aromatic rings. The van der Waals surface area contributed by atoms with E-state index in [1.54, 1.807) is 0 Å². The third-order valence-electron chi connectivity index (χ3n) is 10.9. The van der Waals surface area contributed by atoms with Crippen LogP contribution in [0.5, 0.6) is 0 Å². The van der Waals surface area contributed by atoms with Crippen molar-refractivity contribution in [3.63, 3.8) is 0 Å². The van der Waals surface area contributed by atoms with Gasteiger partial charge in [-0.15, -0.1) is 0 Å². The molecule has 3 heteroatoms. The second kappa shape index (κ2) is 10.5. The van der Waals surface area contributed by atoms with E-state index in [1.807, 2.05) is 18.5 Å². The Morgan fingerprint density at radius 2 is 1.10 bits per heavy atom.